The molecule has 78 valence electrons. The minimum absolute atomic E-state index is 0.0422. The van der Waals surface area contributed by atoms with Crippen molar-refractivity contribution in [3.05, 3.63) is 11.8 Å². The van der Waals surface area contributed by atoms with Crippen LogP contribution in [0.3, 0.4) is 0 Å². The Labute approximate surface area is 83.1 Å². The van der Waals surface area contributed by atoms with E-state index in [0.29, 0.717) is 24.7 Å². The fraction of sp³-hybridized carbons (Fsp3) is 0.556. The summed E-state index contributed by atoms with van der Waals surface area (Å²) >= 11 is 0. The molecular weight excluding hydrogens is 180 g/mol. The highest BCUT2D eigenvalue weighted by Crippen LogP contribution is 2.05. The van der Waals surface area contributed by atoms with Gasteiger partial charge in [0.2, 0.25) is 5.91 Å². The summed E-state index contributed by atoms with van der Waals surface area (Å²) in [6.07, 6.45) is 2.16. The lowest BCUT2D eigenvalue weighted by Gasteiger charge is -2.05. The van der Waals surface area contributed by atoms with E-state index in [-0.39, 0.29) is 5.91 Å². The van der Waals surface area contributed by atoms with Gasteiger partial charge in [-0.05, 0) is 5.92 Å². The van der Waals surface area contributed by atoms with Crippen molar-refractivity contribution >= 4 is 11.7 Å². The first kappa shape index (κ1) is 10.6. The second-order valence-corrected chi connectivity index (χ2v) is 3.68. The van der Waals surface area contributed by atoms with Crippen molar-refractivity contribution < 1.29 is 4.79 Å². The van der Waals surface area contributed by atoms with Gasteiger partial charge in [-0.15, -0.1) is 0 Å². The molecule has 5 heteroatoms. The van der Waals surface area contributed by atoms with Gasteiger partial charge in [0.05, 0.1) is 6.20 Å². The number of hydrogen-bond acceptors (Lipinski definition) is 3. The predicted octanol–water partition coefficient (Wildman–Crippen LogP) is 0.654. The van der Waals surface area contributed by atoms with Crippen molar-refractivity contribution in [2.45, 2.75) is 26.8 Å². The van der Waals surface area contributed by atoms with E-state index in [0.717, 1.165) is 5.56 Å². The zero-order valence-electron chi connectivity index (χ0n) is 8.50. The zero-order valence-corrected chi connectivity index (χ0v) is 8.50. The predicted molar refractivity (Wildman–Crippen MR) is 54.3 cm³/mol. The first-order valence-corrected chi connectivity index (χ1v) is 4.64. The molecule has 0 saturated heterocycles. The number of nitrogens with one attached hydrogen (secondary N) is 2. The van der Waals surface area contributed by atoms with Crippen LogP contribution in [0.1, 0.15) is 25.8 Å². The van der Waals surface area contributed by atoms with Crippen molar-refractivity contribution in [1.82, 2.24) is 15.5 Å². The molecule has 1 amide bonds. The molecule has 0 aliphatic heterocycles. The zero-order chi connectivity index (χ0) is 10.6. The second kappa shape index (κ2) is 4.64. The molecule has 14 heavy (non-hydrogen) atoms. The molecule has 0 saturated carbocycles. The van der Waals surface area contributed by atoms with Crippen LogP contribution in [0.2, 0.25) is 0 Å². The fourth-order valence-corrected chi connectivity index (χ4v) is 1.10. The van der Waals surface area contributed by atoms with Gasteiger partial charge < -0.3 is 11.1 Å². The van der Waals surface area contributed by atoms with Gasteiger partial charge in [-0.1, -0.05) is 13.8 Å². The van der Waals surface area contributed by atoms with Gasteiger partial charge in [-0.2, -0.15) is 5.10 Å². The maximum Gasteiger partial charge on any atom is 0.220 e. The molecule has 1 rings (SSSR count). The second-order valence-electron chi connectivity index (χ2n) is 3.68. The van der Waals surface area contributed by atoms with Crippen molar-refractivity contribution in [2.75, 3.05) is 5.73 Å². The molecule has 0 aliphatic carbocycles. The Balaban J connectivity index is 2.34. The summed E-state index contributed by atoms with van der Waals surface area (Å²) in [6.45, 7) is 4.45. The molecule has 0 aliphatic rings. The van der Waals surface area contributed by atoms with Crippen LogP contribution >= 0.6 is 0 Å². The third kappa shape index (κ3) is 3.08. The highest BCUT2D eigenvalue weighted by molar-refractivity contribution is 5.76. The first-order valence-electron chi connectivity index (χ1n) is 4.64. The summed E-state index contributed by atoms with van der Waals surface area (Å²) < 4.78 is 0. The molecule has 0 aromatic carbocycles. The van der Waals surface area contributed by atoms with Gasteiger partial charge in [0, 0.05) is 18.5 Å². The number of rotatable bonds is 4. The minimum Gasteiger partial charge on any atom is -0.384 e. The fourth-order valence-electron chi connectivity index (χ4n) is 1.10. The van der Waals surface area contributed by atoms with E-state index < -0.39 is 0 Å². The number of hydrogen-bond donors (Lipinski definition) is 3. The van der Waals surface area contributed by atoms with E-state index in [4.69, 9.17) is 5.73 Å². The lowest BCUT2D eigenvalue weighted by atomic mass is 10.1. The van der Waals surface area contributed by atoms with Gasteiger partial charge in [0.1, 0.15) is 5.82 Å². The SMILES string of the molecule is CC(C)CC(=O)NCc1cn[nH]c1N. The number of aromatic amines is 1. The summed E-state index contributed by atoms with van der Waals surface area (Å²) in [6, 6.07) is 0. The number of nitrogens with two attached hydrogens (primary N) is 1. The number of aromatic nitrogens is 2. The Morgan fingerprint density at radius 2 is 2.43 bits per heavy atom. The molecule has 0 radical (unpaired) electrons. The quantitative estimate of drug-likeness (QED) is 0.661. The van der Waals surface area contributed by atoms with Crippen molar-refractivity contribution in [3.63, 3.8) is 0 Å². The molecule has 0 unspecified atom stereocenters. The monoisotopic (exact) mass is 196 g/mol. The first-order chi connectivity index (χ1) is 6.59. The van der Waals surface area contributed by atoms with Crippen molar-refractivity contribution in [2.24, 2.45) is 5.92 Å². The molecule has 0 atom stereocenters. The van der Waals surface area contributed by atoms with E-state index in [9.17, 15) is 4.79 Å². The Kier molecular flexibility index (Phi) is 3.50. The lowest BCUT2D eigenvalue weighted by molar-refractivity contribution is -0.121. The van der Waals surface area contributed by atoms with Gasteiger partial charge in [0.15, 0.2) is 0 Å². The Bertz CT molecular complexity index is 306. The molecule has 1 heterocycles. The summed E-state index contributed by atoms with van der Waals surface area (Å²) in [5.74, 6) is 0.923. The average Bonchev–Trinajstić information content (AvgIpc) is 2.46. The topological polar surface area (TPSA) is 83.8 Å². The van der Waals surface area contributed by atoms with Gasteiger partial charge >= 0.3 is 0 Å². The number of nitrogens with zero attached hydrogens (tertiary/aromatic N) is 1. The average molecular weight is 196 g/mol. The van der Waals surface area contributed by atoms with E-state index in [1.165, 1.54) is 0 Å². The van der Waals surface area contributed by atoms with E-state index in [1.54, 1.807) is 6.20 Å². The molecule has 0 spiro atoms. The van der Waals surface area contributed by atoms with E-state index in [2.05, 4.69) is 15.5 Å². The van der Waals surface area contributed by atoms with Gasteiger partial charge in [-0.3, -0.25) is 9.89 Å². The normalized spacial score (nSPS) is 10.5. The molecule has 0 bridgehead atoms. The summed E-state index contributed by atoms with van der Waals surface area (Å²) in [5, 5.41) is 9.15. The number of H-pyrrole nitrogens is 1. The smallest absolute Gasteiger partial charge is 0.220 e. The van der Waals surface area contributed by atoms with Crippen LogP contribution in [0.4, 0.5) is 5.82 Å². The minimum atomic E-state index is 0.0422. The number of nitrogen functional groups attached to an aromatic ring is 1. The van der Waals surface area contributed by atoms with Gasteiger partial charge in [0.25, 0.3) is 0 Å². The summed E-state index contributed by atoms with van der Waals surface area (Å²) in [4.78, 5) is 11.3. The Hall–Kier alpha value is -1.52. The van der Waals surface area contributed by atoms with Crippen LogP contribution in [0.25, 0.3) is 0 Å². The summed E-state index contributed by atoms with van der Waals surface area (Å²) in [7, 11) is 0. The molecule has 0 fully saturated rings. The van der Waals surface area contributed by atoms with E-state index >= 15 is 0 Å². The third-order valence-electron chi connectivity index (χ3n) is 1.82. The van der Waals surface area contributed by atoms with E-state index in [1.807, 2.05) is 13.8 Å². The highest BCUT2D eigenvalue weighted by atomic mass is 16.1. The molecule has 1 aromatic heterocycles. The van der Waals surface area contributed by atoms with Gasteiger partial charge in [-0.25, -0.2) is 0 Å². The highest BCUT2D eigenvalue weighted by Gasteiger charge is 2.06. The van der Waals surface area contributed by atoms with Crippen LogP contribution in [0, 0.1) is 5.92 Å². The standard InChI is InChI=1S/C9H16N4O/c1-6(2)3-8(14)11-4-7-5-12-13-9(7)10/h5-6H,3-4H2,1-2H3,(H,11,14)(H3,10,12,13). The number of amides is 1. The van der Waals surface area contributed by atoms with Crippen LogP contribution in [-0.2, 0) is 11.3 Å². The van der Waals surface area contributed by atoms with Crippen LogP contribution in [-0.4, -0.2) is 16.1 Å². The number of anilines is 1. The number of carbonyl (C=O) groups is 1. The maximum absolute atomic E-state index is 11.3. The lowest BCUT2D eigenvalue weighted by Crippen LogP contribution is -2.24. The van der Waals surface area contributed by atoms with Crippen molar-refractivity contribution in [1.29, 1.82) is 0 Å². The summed E-state index contributed by atoms with van der Waals surface area (Å²) in [5.41, 5.74) is 6.38. The molecule has 5 nitrogen and oxygen atoms in total. The number of carbonyl (C=O) groups excluding carboxylic acids is 1. The van der Waals surface area contributed by atoms with Crippen LogP contribution in [0.15, 0.2) is 6.20 Å². The molecular formula is C9H16N4O. The Morgan fingerprint density at radius 1 is 1.71 bits per heavy atom. The molecule has 4 N–H and O–H groups in total. The third-order valence-corrected chi connectivity index (χ3v) is 1.82. The largest absolute Gasteiger partial charge is 0.384 e. The van der Waals surface area contributed by atoms with Crippen LogP contribution < -0.4 is 11.1 Å². The maximum atomic E-state index is 11.3. The van der Waals surface area contributed by atoms with Crippen LogP contribution in [0.5, 0.6) is 0 Å². The van der Waals surface area contributed by atoms with Crippen molar-refractivity contribution in [3.8, 4) is 0 Å². The Morgan fingerprint density at radius 3 is 2.93 bits per heavy atom. The molecule has 1 aromatic rings.